The molecule has 33 heavy (non-hydrogen) atoms. The van der Waals surface area contributed by atoms with Crippen LogP contribution in [0.15, 0.2) is 54.6 Å². The number of carbonyl (C=O) groups is 3. The number of carbonyl (C=O) groups excluding carboxylic acids is 3. The van der Waals surface area contributed by atoms with Gasteiger partial charge in [0.05, 0.1) is 42.1 Å². The zero-order valence-corrected chi connectivity index (χ0v) is 19.2. The van der Waals surface area contributed by atoms with Crippen LogP contribution < -0.4 is 19.7 Å². The van der Waals surface area contributed by atoms with Gasteiger partial charge in [0.15, 0.2) is 11.5 Å². The first-order valence-electron chi connectivity index (χ1n) is 9.80. The molecular weight excluding hydrogens is 467 g/mol. The molecule has 4 rings (SSSR count). The second kappa shape index (κ2) is 9.13. The van der Waals surface area contributed by atoms with E-state index in [2.05, 4.69) is 5.32 Å². The molecule has 1 N–H and O–H groups in total. The minimum absolute atomic E-state index is 0.159. The Hall–Kier alpha value is -3.55. The number of nitrogens with one attached hydrogen (secondary N) is 1. The monoisotopic (exact) mass is 484 g/mol. The topological polar surface area (TPSA) is 84.9 Å². The fourth-order valence-electron chi connectivity index (χ4n) is 3.54. The summed E-state index contributed by atoms with van der Waals surface area (Å²) in [5.41, 5.74) is 2.12. The molecule has 1 heterocycles. The molecule has 2 amide bonds. The maximum atomic E-state index is 12.7. The Morgan fingerprint density at radius 2 is 1.67 bits per heavy atom. The van der Waals surface area contributed by atoms with E-state index in [9.17, 15) is 14.4 Å². The second-order valence-corrected chi connectivity index (χ2v) is 8.04. The molecule has 7 nitrogen and oxygen atoms in total. The molecule has 3 aromatic rings. The number of halogens is 2. The van der Waals surface area contributed by atoms with Gasteiger partial charge in [0, 0.05) is 11.3 Å². The van der Waals surface area contributed by atoms with Gasteiger partial charge in [0.1, 0.15) is 0 Å². The molecule has 0 spiro atoms. The van der Waals surface area contributed by atoms with Crippen LogP contribution in [-0.4, -0.2) is 31.8 Å². The highest BCUT2D eigenvalue weighted by molar-refractivity contribution is 6.52. The number of hydrogen-bond acceptors (Lipinski definition) is 5. The highest BCUT2D eigenvalue weighted by atomic mass is 35.5. The molecule has 0 saturated heterocycles. The van der Waals surface area contributed by atoms with Crippen molar-refractivity contribution in [3.05, 3.63) is 81.3 Å². The lowest BCUT2D eigenvalue weighted by Gasteiger charge is -2.17. The van der Waals surface area contributed by atoms with Crippen LogP contribution in [0.3, 0.4) is 0 Å². The number of anilines is 2. The Labute approximate surface area is 199 Å². The van der Waals surface area contributed by atoms with Gasteiger partial charge in [-0.25, -0.2) is 0 Å². The number of fused-ring (bicyclic) bond motifs is 1. The van der Waals surface area contributed by atoms with Gasteiger partial charge in [0.2, 0.25) is 0 Å². The summed E-state index contributed by atoms with van der Waals surface area (Å²) >= 11 is 12.0. The summed E-state index contributed by atoms with van der Waals surface area (Å²) in [6.07, 6.45) is 0. The highest BCUT2D eigenvalue weighted by Crippen LogP contribution is 2.34. The number of ether oxygens (including phenoxy) is 2. The van der Waals surface area contributed by atoms with Gasteiger partial charge in [-0.05, 0) is 54.1 Å². The van der Waals surface area contributed by atoms with Gasteiger partial charge in [-0.1, -0.05) is 29.3 Å². The Balaban J connectivity index is 1.57. The van der Waals surface area contributed by atoms with Crippen LogP contribution >= 0.6 is 23.2 Å². The molecule has 1 aliphatic heterocycles. The molecule has 0 aromatic heterocycles. The van der Waals surface area contributed by atoms with E-state index in [-0.39, 0.29) is 12.1 Å². The van der Waals surface area contributed by atoms with Gasteiger partial charge in [-0.3, -0.25) is 14.4 Å². The van der Waals surface area contributed by atoms with Gasteiger partial charge in [-0.2, -0.15) is 0 Å². The van der Waals surface area contributed by atoms with Crippen molar-refractivity contribution in [3.63, 3.8) is 0 Å². The second-order valence-electron chi connectivity index (χ2n) is 7.22. The fraction of sp³-hybridized carbons (Fsp3) is 0.125. The van der Waals surface area contributed by atoms with Gasteiger partial charge >= 0.3 is 0 Å². The number of amides is 2. The summed E-state index contributed by atoms with van der Waals surface area (Å²) in [4.78, 5) is 39.3. The molecule has 0 radical (unpaired) electrons. The van der Waals surface area contributed by atoms with E-state index in [1.54, 1.807) is 48.5 Å². The molecule has 0 saturated carbocycles. The van der Waals surface area contributed by atoms with Crippen LogP contribution in [0.4, 0.5) is 11.4 Å². The number of Topliss-reactive ketones (excluding diaryl/α,β-unsaturated/α-hetero) is 1. The van der Waals surface area contributed by atoms with Crippen molar-refractivity contribution in [2.24, 2.45) is 0 Å². The Kier molecular flexibility index (Phi) is 6.26. The predicted octanol–water partition coefficient (Wildman–Crippen LogP) is 4.99. The van der Waals surface area contributed by atoms with E-state index in [1.807, 2.05) is 0 Å². The number of benzene rings is 3. The first kappa shape index (κ1) is 22.6. The van der Waals surface area contributed by atoms with Crippen molar-refractivity contribution in [1.82, 2.24) is 0 Å². The molecule has 0 aliphatic carbocycles. The Bertz CT molecular complexity index is 1290. The third kappa shape index (κ3) is 4.37. The lowest BCUT2D eigenvalue weighted by Crippen LogP contribution is -2.29. The largest absolute Gasteiger partial charge is 0.493 e. The molecule has 168 valence electrons. The summed E-state index contributed by atoms with van der Waals surface area (Å²) < 4.78 is 10.4. The van der Waals surface area contributed by atoms with E-state index in [0.717, 1.165) is 5.56 Å². The maximum absolute atomic E-state index is 12.7. The van der Waals surface area contributed by atoms with Gasteiger partial charge < -0.3 is 19.7 Å². The van der Waals surface area contributed by atoms with Gasteiger partial charge in [-0.15, -0.1) is 0 Å². The molecule has 0 atom stereocenters. The lowest BCUT2D eigenvalue weighted by molar-refractivity contribution is -0.114. The number of ketones is 1. The quantitative estimate of drug-likeness (QED) is 0.498. The summed E-state index contributed by atoms with van der Waals surface area (Å²) in [7, 11) is 2.98. The number of methoxy groups -OCH3 is 2. The van der Waals surface area contributed by atoms with Crippen molar-refractivity contribution in [3.8, 4) is 11.5 Å². The third-order valence-electron chi connectivity index (χ3n) is 5.20. The highest BCUT2D eigenvalue weighted by Gasteiger charge is 2.36. The van der Waals surface area contributed by atoms with Crippen LogP contribution in [0.2, 0.25) is 10.0 Å². The maximum Gasteiger partial charge on any atom is 0.299 e. The standard InChI is InChI=1S/C24H18Cl2N2O5/c1-32-20-8-4-14(10-21(20)33-2)23(30)27-15-5-7-19-16(11-15)22(29)24(31)28(19)12-13-3-6-17(25)18(26)9-13/h3-11H,12H2,1-2H3,(H,27,30). The predicted molar refractivity (Wildman–Crippen MR) is 126 cm³/mol. The first-order chi connectivity index (χ1) is 15.8. The average molecular weight is 485 g/mol. The van der Waals surface area contributed by atoms with Crippen LogP contribution in [-0.2, 0) is 11.3 Å². The van der Waals surface area contributed by atoms with Crippen LogP contribution in [0.25, 0.3) is 0 Å². The van der Waals surface area contributed by atoms with Crippen LogP contribution in [0.1, 0.15) is 26.3 Å². The molecule has 0 unspecified atom stereocenters. The van der Waals surface area contributed by atoms with Crippen molar-refractivity contribution >= 4 is 52.2 Å². The average Bonchev–Trinajstić information content (AvgIpc) is 3.05. The van der Waals surface area contributed by atoms with E-state index in [4.69, 9.17) is 32.7 Å². The summed E-state index contributed by atoms with van der Waals surface area (Å²) in [5, 5.41) is 3.50. The smallest absolute Gasteiger partial charge is 0.299 e. The van der Waals surface area contributed by atoms with E-state index in [0.29, 0.717) is 38.5 Å². The SMILES string of the molecule is COc1ccc(C(=O)Nc2ccc3c(c2)C(=O)C(=O)N3Cc2ccc(Cl)c(Cl)c2)cc1OC. The number of hydrogen-bond donors (Lipinski definition) is 1. The summed E-state index contributed by atoms with van der Waals surface area (Å²) in [5.74, 6) is -0.789. The zero-order chi connectivity index (χ0) is 23.7. The minimum Gasteiger partial charge on any atom is -0.493 e. The van der Waals surface area contributed by atoms with Crippen molar-refractivity contribution in [2.45, 2.75) is 6.54 Å². The van der Waals surface area contributed by atoms with E-state index >= 15 is 0 Å². The summed E-state index contributed by atoms with van der Waals surface area (Å²) in [6.45, 7) is 0.159. The van der Waals surface area contributed by atoms with Crippen LogP contribution in [0.5, 0.6) is 11.5 Å². The Morgan fingerprint density at radius 3 is 2.36 bits per heavy atom. The third-order valence-corrected chi connectivity index (χ3v) is 5.94. The minimum atomic E-state index is -0.653. The molecule has 3 aromatic carbocycles. The fourth-order valence-corrected chi connectivity index (χ4v) is 3.86. The molecule has 0 fully saturated rings. The number of nitrogens with zero attached hydrogens (tertiary/aromatic N) is 1. The molecular formula is C24H18Cl2N2O5. The van der Waals surface area contributed by atoms with Crippen molar-refractivity contribution in [2.75, 3.05) is 24.4 Å². The lowest BCUT2D eigenvalue weighted by atomic mass is 10.1. The van der Waals surface area contributed by atoms with E-state index < -0.39 is 17.6 Å². The molecule has 1 aliphatic rings. The number of rotatable bonds is 6. The summed E-state index contributed by atoms with van der Waals surface area (Å²) in [6, 6.07) is 14.5. The van der Waals surface area contributed by atoms with Crippen molar-refractivity contribution < 1.29 is 23.9 Å². The molecule has 0 bridgehead atoms. The first-order valence-corrected chi connectivity index (χ1v) is 10.6. The van der Waals surface area contributed by atoms with Crippen LogP contribution in [0, 0.1) is 0 Å². The van der Waals surface area contributed by atoms with Crippen molar-refractivity contribution in [1.29, 1.82) is 0 Å². The van der Waals surface area contributed by atoms with E-state index in [1.165, 1.54) is 25.2 Å². The normalized spacial score (nSPS) is 12.5. The van der Waals surface area contributed by atoms with Gasteiger partial charge in [0.25, 0.3) is 17.6 Å². The zero-order valence-electron chi connectivity index (χ0n) is 17.6. The molecule has 9 heteroatoms. The Morgan fingerprint density at radius 1 is 0.909 bits per heavy atom.